The third-order valence-electron chi connectivity index (χ3n) is 5.23. The monoisotopic (exact) mass is 334 g/mol. The van der Waals surface area contributed by atoms with Gasteiger partial charge < -0.3 is 11.1 Å². The average Bonchev–Trinajstić information content (AvgIpc) is 3.06. The number of fused-ring (bicyclic) bond motifs is 1. The van der Waals surface area contributed by atoms with Crippen LogP contribution in [0.1, 0.15) is 35.7 Å². The van der Waals surface area contributed by atoms with Crippen molar-refractivity contribution in [3.8, 4) is 5.69 Å². The Bertz CT molecular complexity index is 921. The van der Waals surface area contributed by atoms with E-state index in [0.29, 0.717) is 11.1 Å². The first-order valence-corrected chi connectivity index (χ1v) is 8.67. The molecule has 2 aromatic carbocycles. The van der Waals surface area contributed by atoms with Gasteiger partial charge in [-0.2, -0.15) is 5.10 Å². The lowest BCUT2D eigenvalue weighted by Crippen LogP contribution is -2.41. The fourth-order valence-electron chi connectivity index (χ4n) is 3.70. The van der Waals surface area contributed by atoms with Gasteiger partial charge in [0.05, 0.1) is 11.3 Å². The fourth-order valence-corrected chi connectivity index (χ4v) is 3.70. The second-order valence-corrected chi connectivity index (χ2v) is 7.07. The van der Waals surface area contributed by atoms with E-state index in [4.69, 9.17) is 5.73 Å². The number of primary amides is 1. The average molecular weight is 334 g/mol. The summed E-state index contributed by atoms with van der Waals surface area (Å²) in [6.45, 7) is 4.44. The van der Waals surface area contributed by atoms with Crippen molar-refractivity contribution in [3.63, 3.8) is 0 Å². The van der Waals surface area contributed by atoms with Crippen LogP contribution in [0.5, 0.6) is 0 Å². The molecule has 5 nitrogen and oxygen atoms in total. The summed E-state index contributed by atoms with van der Waals surface area (Å²) < 4.78 is 1.81. The number of nitrogens with one attached hydrogen (secondary N) is 1. The second-order valence-electron chi connectivity index (χ2n) is 7.07. The highest BCUT2D eigenvalue weighted by Gasteiger charge is 2.28. The Hall–Kier alpha value is -2.66. The maximum absolute atomic E-state index is 11.6. The lowest BCUT2D eigenvalue weighted by molar-refractivity contribution is 0.100. The van der Waals surface area contributed by atoms with Gasteiger partial charge in [-0.3, -0.25) is 4.79 Å². The Morgan fingerprint density at radius 2 is 2.04 bits per heavy atom. The summed E-state index contributed by atoms with van der Waals surface area (Å²) in [4.78, 5) is 11.6. The summed E-state index contributed by atoms with van der Waals surface area (Å²) in [5, 5.41) is 8.97. The van der Waals surface area contributed by atoms with E-state index in [9.17, 15) is 4.79 Å². The fraction of sp³-hybridized carbons (Fsp3) is 0.300. The van der Waals surface area contributed by atoms with Crippen LogP contribution in [0.3, 0.4) is 0 Å². The van der Waals surface area contributed by atoms with Crippen molar-refractivity contribution in [3.05, 3.63) is 59.8 Å². The molecule has 1 atom stereocenters. The van der Waals surface area contributed by atoms with Crippen LogP contribution >= 0.6 is 0 Å². The Morgan fingerprint density at radius 1 is 1.24 bits per heavy atom. The summed E-state index contributed by atoms with van der Waals surface area (Å²) >= 11 is 0. The lowest BCUT2D eigenvalue weighted by Gasteiger charge is -2.34. The Labute approximate surface area is 146 Å². The predicted molar refractivity (Wildman–Crippen MR) is 99.0 cm³/mol. The van der Waals surface area contributed by atoms with E-state index >= 15 is 0 Å². The number of nitrogens with two attached hydrogens (primary N) is 1. The molecule has 1 amide bonds. The number of aromatic nitrogens is 2. The molecule has 5 heteroatoms. The van der Waals surface area contributed by atoms with Gasteiger partial charge in [0.15, 0.2) is 0 Å². The molecule has 4 rings (SSSR count). The molecule has 1 aliphatic rings. The Kier molecular flexibility index (Phi) is 3.81. The van der Waals surface area contributed by atoms with Crippen LogP contribution in [0.2, 0.25) is 0 Å². The highest BCUT2D eigenvalue weighted by molar-refractivity contribution is 6.04. The molecule has 0 unspecified atom stereocenters. The normalized spacial score (nSPS) is 20.7. The van der Waals surface area contributed by atoms with Crippen molar-refractivity contribution in [2.75, 3.05) is 13.1 Å². The van der Waals surface area contributed by atoms with Gasteiger partial charge in [-0.05, 0) is 43.1 Å². The SMILES string of the molecule is C[C@]1(c2ccc(-n3cc4cccc(C(N)=O)c4n3)cc2)CCCNC1. The van der Waals surface area contributed by atoms with Crippen LogP contribution in [0.25, 0.3) is 16.6 Å². The minimum Gasteiger partial charge on any atom is -0.366 e. The molecule has 2 heterocycles. The smallest absolute Gasteiger partial charge is 0.250 e. The van der Waals surface area contributed by atoms with Gasteiger partial charge in [0, 0.05) is 23.5 Å². The zero-order valence-electron chi connectivity index (χ0n) is 14.3. The van der Waals surface area contributed by atoms with E-state index in [-0.39, 0.29) is 5.41 Å². The minimum atomic E-state index is -0.455. The zero-order valence-corrected chi connectivity index (χ0v) is 14.3. The van der Waals surface area contributed by atoms with Crippen LogP contribution in [0, 0.1) is 0 Å². The first kappa shape index (κ1) is 15.8. The Morgan fingerprint density at radius 3 is 2.72 bits per heavy atom. The molecule has 1 aromatic heterocycles. The van der Waals surface area contributed by atoms with Crippen molar-refractivity contribution in [1.82, 2.24) is 15.1 Å². The van der Waals surface area contributed by atoms with E-state index in [0.717, 1.165) is 24.2 Å². The molecule has 0 radical (unpaired) electrons. The Balaban J connectivity index is 1.69. The molecule has 1 saturated heterocycles. The maximum atomic E-state index is 11.6. The van der Waals surface area contributed by atoms with E-state index in [1.54, 1.807) is 6.07 Å². The van der Waals surface area contributed by atoms with Crippen LogP contribution in [-0.4, -0.2) is 28.8 Å². The molecule has 0 bridgehead atoms. The largest absolute Gasteiger partial charge is 0.366 e. The van der Waals surface area contributed by atoms with Crippen molar-refractivity contribution < 1.29 is 4.79 Å². The first-order chi connectivity index (χ1) is 12.1. The van der Waals surface area contributed by atoms with Gasteiger partial charge in [-0.15, -0.1) is 0 Å². The molecule has 128 valence electrons. The van der Waals surface area contributed by atoms with E-state index in [1.807, 2.05) is 23.0 Å². The van der Waals surface area contributed by atoms with Crippen LogP contribution in [0.4, 0.5) is 0 Å². The molecule has 0 aliphatic carbocycles. The summed E-state index contributed by atoms with van der Waals surface area (Å²) in [6.07, 6.45) is 4.34. The third kappa shape index (κ3) is 2.81. The van der Waals surface area contributed by atoms with E-state index < -0.39 is 5.91 Å². The molecular weight excluding hydrogens is 312 g/mol. The van der Waals surface area contributed by atoms with Gasteiger partial charge in [-0.25, -0.2) is 4.68 Å². The standard InChI is InChI=1S/C20H22N4O/c1-20(10-3-11-22-13-20)15-6-8-16(9-7-15)24-12-14-4-2-5-17(19(21)25)18(14)23-24/h2,4-9,12,22H,3,10-11,13H2,1H3,(H2,21,25)/t20-/m0/s1. The van der Waals surface area contributed by atoms with Crippen molar-refractivity contribution in [2.45, 2.75) is 25.2 Å². The number of carbonyl (C=O) groups is 1. The number of nitrogens with zero attached hydrogens (tertiary/aromatic N) is 2. The highest BCUT2D eigenvalue weighted by atomic mass is 16.1. The second kappa shape index (κ2) is 6.01. The summed E-state index contributed by atoms with van der Waals surface area (Å²) in [5.41, 5.74) is 9.05. The van der Waals surface area contributed by atoms with E-state index in [1.165, 1.54) is 18.4 Å². The molecule has 25 heavy (non-hydrogen) atoms. The number of carbonyl (C=O) groups excluding carboxylic acids is 1. The highest BCUT2D eigenvalue weighted by Crippen LogP contribution is 2.31. The zero-order chi connectivity index (χ0) is 17.4. The molecule has 0 spiro atoms. The first-order valence-electron chi connectivity index (χ1n) is 8.67. The van der Waals surface area contributed by atoms with Crippen molar-refractivity contribution >= 4 is 16.8 Å². The number of amides is 1. The van der Waals surface area contributed by atoms with Crippen molar-refractivity contribution in [2.24, 2.45) is 5.73 Å². The van der Waals surface area contributed by atoms with Crippen LogP contribution < -0.4 is 11.1 Å². The van der Waals surface area contributed by atoms with Gasteiger partial charge in [0.2, 0.25) is 0 Å². The lowest BCUT2D eigenvalue weighted by atomic mass is 9.76. The molecule has 0 saturated carbocycles. The van der Waals surface area contributed by atoms with Gasteiger partial charge in [0.1, 0.15) is 5.52 Å². The predicted octanol–water partition coefficient (Wildman–Crippen LogP) is 2.77. The summed E-state index contributed by atoms with van der Waals surface area (Å²) in [5.74, 6) is -0.455. The van der Waals surface area contributed by atoms with Crippen molar-refractivity contribution in [1.29, 1.82) is 0 Å². The summed E-state index contributed by atoms with van der Waals surface area (Å²) in [7, 11) is 0. The van der Waals surface area contributed by atoms with Gasteiger partial charge in [-0.1, -0.05) is 31.2 Å². The van der Waals surface area contributed by atoms with Gasteiger partial charge in [0.25, 0.3) is 5.91 Å². The number of rotatable bonds is 3. The number of piperidine rings is 1. The van der Waals surface area contributed by atoms with Gasteiger partial charge >= 0.3 is 0 Å². The number of hydrogen-bond acceptors (Lipinski definition) is 3. The molecular formula is C20H22N4O. The third-order valence-corrected chi connectivity index (χ3v) is 5.23. The molecule has 1 fully saturated rings. The van der Waals surface area contributed by atoms with Crippen LogP contribution in [0.15, 0.2) is 48.7 Å². The molecule has 3 aromatic rings. The summed E-state index contributed by atoms with van der Waals surface area (Å²) in [6, 6.07) is 14.0. The number of benzene rings is 2. The number of hydrogen-bond donors (Lipinski definition) is 2. The van der Waals surface area contributed by atoms with E-state index in [2.05, 4.69) is 41.6 Å². The quantitative estimate of drug-likeness (QED) is 0.773. The topological polar surface area (TPSA) is 72.9 Å². The molecule has 3 N–H and O–H groups in total. The van der Waals surface area contributed by atoms with Crippen LogP contribution in [-0.2, 0) is 5.41 Å². The minimum absolute atomic E-state index is 0.185. The maximum Gasteiger partial charge on any atom is 0.250 e. The molecule has 1 aliphatic heterocycles.